The fourth-order valence-electron chi connectivity index (χ4n) is 9.58. The van der Waals surface area contributed by atoms with Crippen LogP contribution in [0.2, 0.25) is 0 Å². The Morgan fingerprint density at radius 3 is 0.865 bits per heavy atom. The lowest BCUT2D eigenvalue weighted by atomic mass is 10.1. The van der Waals surface area contributed by atoms with Crippen molar-refractivity contribution in [3.63, 3.8) is 0 Å². The molecule has 3 amide bonds. The molecule has 0 unspecified atom stereocenters. The zero-order valence-corrected chi connectivity index (χ0v) is 65.4. The van der Waals surface area contributed by atoms with Crippen LogP contribution in [0.15, 0.2) is 200 Å². The lowest BCUT2D eigenvalue weighted by Gasteiger charge is -2.25. The number of imide groups is 1. The Hall–Kier alpha value is -12.3. The van der Waals surface area contributed by atoms with Crippen molar-refractivity contribution in [3.8, 4) is 69.0 Å². The molecule has 9 aromatic carbocycles. The Morgan fingerprint density at radius 2 is 0.631 bits per heavy atom. The number of carbonyl (C=O) groups excluding carboxylic acids is 6. The highest BCUT2D eigenvalue weighted by molar-refractivity contribution is 6.44. The molecule has 0 aliphatic heterocycles. The van der Waals surface area contributed by atoms with Crippen molar-refractivity contribution in [2.75, 3.05) is 62.3 Å². The maximum Gasteiger partial charge on any atom is 0.417 e. The van der Waals surface area contributed by atoms with Crippen LogP contribution in [-0.4, -0.2) is 119 Å². The Kier molecular flexibility index (Phi) is 37.7. The van der Waals surface area contributed by atoms with Crippen molar-refractivity contribution in [3.05, 3.63) is 250 Å². The quantitative estimate of drug-likeness (QED) is 0.0245. The van der Waals surface area contributed by atoms with Gasteiger partial charge in [-0.1, -0.05) is 93.6 Å². The number of carbonyl (C=O) groups is 7. The summed E-state index contributed by atoms with van der Waals surface area (Å²) in [5, 5.41) is 11.6. The third-order valence-corrected chi connectivity index (χ3v) is 15.7. The summed E-state index contributed by atoms with van der Waals surface area (Å²) >= 11 is 0. The van der Waals surface area contributed by atoms with Crippen molar-refractivity contribution in [1.82, 2.24) is 10.2 Å². The number of halogens is 1. The first-order chi connectivity index (χ1) is 53.0. The number of ketones is 3. The minimum atomic E-state index is -1.53. The number of amides is 3. The summed E-state index contributed by atoms with van der Waals surface area (Å²) < 4.78 is 72.2. The van der Waals surface area contributed by atoms with Gasteiger partial charge in [0, 0.05) is 29.8 Å². The SMILES string of the molecule is CCCN.CCCN(C(=O)OC(C)(C)C)C(=O)C(=O)c1ccc(OCc2ccc(OC)cc2)c(OCc2ccc(OC)cc2)c1.CCCNC(=O)C(=O)c1ccc(OCc2ccc(OC)cc2)c(OCc2ccc(OC)cc2)c1.COc1ccc(COc2ccc(C(=O)C(=O)O)cc2OCc2ccc(OC)cc2)cc1.Cl. The molecule has 0 bridgehead atoms. The molecule has 0 aliphatic carbocycles. The van der Waals surface area contributed by atoms with E-state index in [9.17, 15) is 33.6 Å². The van der Waals surface area contributed by atoms with E-state index in [4.69, 9.17) is 72.4 Å². The molecule has 0 heterocycles. The van der Waals surface area contributed by atoms with Gasteiger partial charge in [0.2, 0.25) is 5.78 Å². The first kappa shape index (κ1) is 89.3. The molecule has 9 rings (SSSR count). The lowest BCUT2D eigenvalue weighted by Crippen LogP contribution is -2.44. The van der Waals surface area contributed by atoms with Crippen LogP contribution in [0.25, 0.3) is 0 Å². The maximum absolute atomic E-state index is 13.3. The molecule has 4 N–H and O–H groups in total. The number of ether oxygens (including phenoxy) is 13. The monoisotopic (exact) mass is 1540 g/mol. The van der Waals surface area contributed by atoms with Crippen molar-refractivity contribution < 1.29 is 100 Å². The first-order valence-electron chi connectivity index (χ1n) is 35.4. The number of methoxy groups -OCH3 is 6. The third kappa shape index (κ3) is 29.7. The predicted molar refractivity (Wildman–Crippen MR) is 422 cm³/mol. The number of benzene rings is 9. The van der Waals surface area contributed by atoms with Crippen molar-refractivity contribution in [2.24, 2.45) is 5.73 Å². The number of Topliss-reactive ketones (excluding diaryl/α,β-unsaturated/α-hetero) is 3. The molecule has 0 atom stereocenters. The molecule has 0 spiro atoms. The third-order valence-electron chi connectivity index (χ3n) is 15.7. The van der Waals surface area contributed by atoms with Gasteiger partial charge in [0.15, 0.2) is 34.5 Å². The number of hydrogen-bond acceptors (Lipinski definition) is 21. The van der Waals surface area contributed by atoms with E-state index in [2.05, 4.69) is 12.2 Å². The summed E-state index contributed by atoms with van der Waals surface area (Å²) in [6, 6.07) is 58.1. The fraction of sp³-hybridized carbons (Fsp3) is 0.291. The molecule has 0 radical (unpaired) electrons. The van der Waals surface area contributed by atoms with Crippen molar-refractivity contribution in [2.45, 2.75) is 106 Å². The van der Waals surface area contributed by atoms with Crippen LogP contribution in [0, 0.1) is 0 Å². The van der Waals surface area contributed by atoms with Crippen molar-refractivity contribution in [1.29, 1.82) is 0 Å². The molecule has 25 heteroatoms. The Labute approximate surface area is 654 Å². The Bertz CT molecular complexity index is 4400. The summed E-state index contributed by atoms with van der Waals surface area (Å²) in [4.78, 5) is 87.6. The van der Waals surface area contributed by atoms with Gasteiger partial charge in [-0.25, -0.2) is 14.5 Å². The topological polar surface area (TPSA) is 301 Å². The van der Waals surface area contributed by atoms with Crippen LogP contribution >= 0.6 is 12.4 Å². The minimum absolute atomic E-state index is 0. The smallest absolute Gasteiger partial charge is 0.417 e. The van der Waals surface area contributed by atoms with E-state index in [-0.39, 0.29) is 80.2 Å². The summed E-state index contributed by atoms with van der Waals surface area (Å²) in [5.74, 6) is 0.926. The minimum Gasteiger partial charge on any atom is -0.497 e. The van der Waals surface area contributed by atoms with Crippen LogP contribution in [0.4, 0.5) is 4.79 Å². The number of nitrogens with two attached hydrogens (primary N) is 1. The van der Waals surface area contributed by atoms with Gasteiger partial charge in [0.1, 0.15) is 79.7 Å². The first-order valence-corrected chi connectivity index (χ1v) is 35.4. The number of nitrogens with zero attached hydrogens (tertiary/aromatic N) is 1. The van der Waals surface area contributed by atoms with E-state index < -0.39 is 46.8 Å². The van der Waals surface area contributed by atoms with Crippen LogP contribution in [0.5, 0.6) is 69.0 Å². The fourth-order valence-corrected chi connectivity index (χ4v) is 9.58. The van der Waals surface area contributed by atoms with E-state index in [1.165, 1.54) is 30.3 Å². The van der Waals surface area contributed by atoms with Gasteiger partial charge in [-0.05, 0) is 207 Å². The van der Waals surface area contributed by atoms with Gasteiger partial charge in [0.25, 0.3) is 17.5 Å². The summed E-state index contributed by atoms with van der Waals surface area (Å²) in [6.07, 6.45) is 1.44. The number of carboxylic acids is 1. The summed E-state index contributed by atoms with van der Waals surface area (Å²) in [5.41, 5.74) is 9.90. The van der Waals surface area contributed by atoms with Gasteiger partial charge >= 0.3 is 18.0 Å². The van der Waals surface area contributed by atoms with Gasteiger partial charge in [-0.15, -0.1) is 12.4 Å². The lowest BCUT2D eigenvalue weighted by molar-refractivity contribution is -0.132. The van der Waals surface area contributed by atoms with Gasteiger partial charge in [-0.3, -0.25) is 24.0 Å². The van der Waals surface area contributed by atoms with E-state index in [0.29, 0.717) is 48.3 Å². The van der Waals surface area contributed by atoms with Gasteiger partial charge < -0.3 is 77.7 Å². The van der Waals surface area contributed by atoms with Gasteiger partial charge in [-0.2, -0.15) is 0 Å². The van der Waals surface area contributed by atoms with Crippen molar-refractivity contribution >= 4 is 53.6 Å². The molecule has 0 aromatic heterocycles. The normalized spacial score (nSPS) is 10.3. The number of rotatable bonds is 35. The summed E-state index contributed by atoms with van der Waals surface area (Å²) in [6.45, 7) is 13.6. The zero-order chi connectivity index (χ0) is 80.0. The molecule has 0 aliphatic rings. The standard InChI is InChI=1S/C32H37NO8.C27H29NO6.C24H22O7.C3H9N.ClH/c1-7-18-33(31(36)41-32(2,3)4)30(35)29(34)24-12-17-27(39-20-22-8-13-25(37-5)14-9-22)28(19-24)40-21-23-10-15-26(38-6)16-11-23;1-4-15-28-27(30)26(29)21-9-14-24(33-17-19-5-10-22(31-2)11-6-19)25(16-21)34-18-20-7-12-23(32-3)13-8-20;1-28-19-8-3-16(4-9-19)14-30-21-12-7-18(23(25)24(26)27)13-22(21)31-15-17-5-10-20(29-2)11-6-17;1-2-3-4;/h8-17,19H,7,18,20-21H2,1-6H3;5-14,16H,4,15,17-18H2,1-3H3,(H,28,30);3-13H,14-15H2,1-2H3,(H,26,27);2-4H2,1H3;1H. The highest BCUT2D eigenvalue weighted by Crippen LogP contribution is 2.35. The molecule has 0 saturated carbocycles. The second-order valence-corrected chi connectivity index (χ2v) is 25.1. The van der Waals surface area contributed by atoms with Crippen LogP contribution in [0.1, 0.15) is 125 Å². The molecule has 590 valence electrons. The second kappa shape index (κ2) is 46.8. The zero-order valence-electron chi connectivity index (χ0n) is 64.6. The number of nitrogens with one attached hydrogen (secondary N) is 1. The molecular weight excluding hydrogens is 1450 g/mol. The molecular formula is C86H98ClN3O21. The van der Waals surface area contributed by atoms with E-state index in [1.807, 2.05) is 153 Å². The van der Waals surface area contributed by atoms with Crippen LogP contribution in [0.3, 0.4) is 0 Å². The van der Waals surface area contributed by atoms with Gasteiger partial charge in [0.05, 0.1) is 42.7 Å². The Morgan fingerprint density at radius 1 is 0.369 bits per heavy atom. The molecule has 24 nitrogen and oxygen atoms in total. The van der Waals surface area contributed by atoms with E-state index >= 15 is 0 Å². The van der Waals surface area contributed by atoms with E-state index in [0.717, 1.165) is 86.4 Å². The number of carboxylic acid groups (broad SMARTS) is 1. The molecule has 9 aromatic rings. The largest absolute Gasteiger partial charge is 0.497 e. The van der Waals surface area contributed by atoms with E-state index in [1.54, 1.807) is 94.6 Å². The van der Waals surface area contributed by atoms with Crippen LogP contribution < -0.4 is 67.9 Å². The summed E-state index contributed by atoms with van der Waals surface area (Å²) in [7, 11) is 9.59. The second-order valence-electron chi connectivity index (χ2n) is 25.1. The molecule has 111 heavy (non-hydrogen) atoms. The Balaban J connectivity index is 0.000000292. The average molecular weight is 1550 g/mol. The average Bonchev–Trinajstić information content (AvgIpc) is 0.824. The number of aliphatic carboxylic acids is 1. The highest BCUT2D eigenvalue weighted by atomic mass is 35.5. The molecule has 0 fully saturated rings. The molecule has 0 saturated heterocycles. The predicted octanol–water partition coefficient (Wildman–Crippen LogP) is 15.7. The highest BCUT2D eigenvalue weighted by Gasteiger charge is 2.32. The maximum atomic E-state index is 13.3. The number of hydrogen-bond donors (Lipinski definition) is 3. The van der Waals surface area contributed by atoms with Crippen LogP contribution in [-0.2, 0) is 58.8 Å².